The standard InChI is InChI=1S/C13H16FN5O2/c1-17(2)13-16-8-10(18(13)3)7-15-9-4-5-11(14)12(6-9)19(20)21/h4-6,8,15H,7H2,1-3H3. The van der Waals surface area contributed by atoms with Crippen LogP contribution in [0.25, 0.3) is 0 Å². The summed E-state index contributed by atoms with van der Waals surface area (Å²) in [5.41, 5.74) is 0.848. The number of halogens is 1. The molecule has 0 amide bonds. The lowest BCUT2D eigenvalue weighted by molar-refractivity contribution is -0.387. The fourth-order valence-corrected chi connectivity index (χ4v) is 1.97. The number of nitro groups is 1. The molecule has 1 heterocycles. The van der Waals surface area contributed by atoms with Gasteiger partial charge in [-0.2, -0.15) is 4.39 Å². The number of rotatable bonds is 5. The van der Waals surface area contributed by atoms with E-state index >= 15 is 0 Å². The Labute approximate surface area is 121 Å². The first-order chi connectivity index (χ1) is 9.90. The highest BCUT2D eigenvalue weighted by Crippen LogP contribution is 2.22. The third kappa shape index (κ3) is 3.10. The van der Waals surface area contributed by atoms with E-state index in [9.17, 15) is 14.5 Å². The Balaban J connectivity index is 2.13. The number of aromatic nitrogens is 2. The molecule has 0 fully saturated rings. The van der Waals surface area contributed by atoms with Crippen LogP contribution in [0, 0.1) is 15.9 Å². The van der Waals surface area contributed by atoms with Crippen molar-refractivity contribution in [2.75, 3.05) is 24.3 Å². The van der Waals surface area contributed by atoms with Gasteiger partial charge in [-0.05, 0) is 12.1 Å². The van der Waals surface area contributed by atoms with E-state index in [1.807, 2.05) is 30.6 Å². The van der Waals surface area contributed by atoms with Gasteiger partial charge in [0.1, 0.15) is 0 Å². The third-order valence-corrected chi connectivity index (χ3v) is 3.08. The van der Waals surface area contributed by atoms with Crippen molar-refractivity contribution in [2.24, 2.45) is 7.05 Å². The largest absolute Gasteiger partial charge is 0.379 e. The molecule has 112 valence electrons. The van der Waals surface area contributed by atoms with Gasteiger partial charge >= 0.3 is 5.69 Å². The molecule has 7 nitrogen and oxygen atoms in total. The average molecular weight is 293 g/mol. The van der Waals surface area contributed by atoms with Gasteiger partial charge < -0.3 is 14.8 Å². The molecule has 0 aliphatic heterocycles. The molecule has 0 saturated carbocycles. The molecule has 21 heavy (non-hydrogen) atoms. The van der Waals surface area contributed by atoms with Gasteiger partial charge in [0, 0.05) is 32.9 Å². The summed E-state index contributed by atoms with van der Waals surface area (Å²) < 4.78 is 15.2. The van der Waals surface area contributed by atoms with Crippen molar-refractivity contribution < 1.29 is 9.31 Å². The predicted octanol–water partition coefficient (Wildman–Crippen LogP) is 2.15. The fraction of sp³-hybridized carbons (Fsp3) is 0.308. The van der Waals surface area contributed by atoms with Crippen LogP contribution < -0.4 is 10.2 Å². The molecule has 1 N–H and O–H groups in total. The number of hydrogen-bond donors (Lipinski definition) is 1. The zero-order valence-electron chi connectivity index (χ0n) is 12.0. The quantitative estimate of drug-likeness (QED) is 0.675. The van der Waals surface area contributed by atoms with Gasteiger partial charge in [0.2, 0.25) is 11.8 Å². The van der Waals surface area contributed by atoms with Crippen molar-refractivity contribution in [3.63, 3.8) is 0 Å². The van der Waals surface area contributed by atoms with E-state index in [2.05, 4.69) is 10.3 Å². The minimum absolute atomic E-state index is 0.431. The summed E-state index contributed by atoms with van der Waals surface area (Å²) in [7, 11) is 5.66. The molecular weight excluding hydrogens is 277 g/mol. The third-order valence-electron chi connectivity index (χ3n) is 3.08. The Bertz CT molecular complexity index is 669. The summed E-state index contributed by atoms with van der Waals surface area (Å²) >= 11 is 0. The second-order valence-electron chi connectivity index (χ2n) is 4.78. The summed E-state index contributed by atoms with van der Waals surface area (Å²) in [6.07, 6.45) is 1.72. The summed E-state index contributed by atoms with van der Waals surface area (Å²) in [5.74, 6) is -0.0436. The average Bonchev–Trinajstić information content (AvgIpc) is 2.79. The van der Waals surface area contributed by atoms with Crippen LogP contribution in [0.1, 0.15) is 5.69 Å². The lowest BCUT2D eigenvalue weighted by Crippen LogP contribution is -2.15. The molecule has 0 spiro atoms. The van der Waals surface area contributed by atoms with Crippen molar-refractivity contribution >= 4 is 17.3 Å². The second-order valence-corrected chi connectivity index (χ2v) is 4.78. The Hall–Kier alpha value is -2.64. The van der Waals surface area contributed by atoms with Crippen LogP contribution in [0.4, 0.5) is 21.7 Å². The topological polar surface area (TPSA) is 76.2 Å². The molecule has 0 bridgehead atoms. The van der Waals surface area contributed by atoms with E-state index in [1.54, 1.807) is 6.20 Å². The van der Waals surface area contributed by atoms with Gasteiger partial charge in [0.15, 0.2) is 0 Å². The number of benzene rings is 1. The summed E-state index contributed by atoms with van der Waals surface area (Å²) in [5, 5.41) is 13.7. The Morgan fingerprint density at radius 1 is 1.48 bits per heavy atom. The van der Waals surface area contributed by atoms with E-state index in [1.165, 1.54) is 12.1 Å². The zero-order valence-corrected chi connectivity index (χ0v) is 12.0. The van der Waals surface area contributed by atoms with Crippen LogP contribution in [-0.2, 0) is 13.6 Å². The summed E-state index contributed by atoms with van der Waals surface area (Å²) in [6, 6.07) is 3.72. The number of nitrogens with one attached hydrogen (secondary N) is 1. The van der Waals surface area contributed by atoms with Crippen LogP contribution in [0.2, 0.25) is 0 Å². The predicted molar refractivity (Wildman–Crippen MR) is 77.9 cm³/mol. The minimum Gasteiger partial charge on any atom is -0.379 e. The van der Waals surface area contributed by atoms with Crippen molar-refractivity contribution in [1.82, 2.24) is 9.55 Å². The first kappa shape index (κ1) is 14.8. The monoisotopic (exact) mass is 293 g/mol. The van der Waals surface area contributed by atoms with E-state index in [4.69, 9.17) is 0 Å². The molecular formula is C13H16FN5O2. The van der Waals surface area contributed by atoms with Crippen LogP contribution in [0.15, 0.2) is 24.4 Å². The molecule has 0 aliphatic rings. The smallest absolute Gasteiger partial charge is 0.306 e. The molecule has 2 rings (SSSR count). The zero-order chi connectivity index (χ0) is 15.6. The lowest BCUT2D eigenvalue weighted by Gasteiger charge is -2.13. The van der Waals surface area contributed by atoms with E-state index in [0.29, 0.717) is 12.2 Å². The Morgan fingerprint density at radius 3 is 2.76 bits per heavy atom. The molecule has 0 radical (unpaired) electrons. The van der Waals surface area contributed by atoms with E-state index < -0.39 is 16.4 Å². The molecule has 8 heteroatoms. The second kappa shape index (κ2) is 5.78. The number of nitro benzene ring substituents is 1. The number of imidazole rings is 1. The minimum atomic E-state index is -0.846. The molecule has 0 saturated heterocycles. The van der Waals surface area contributed by atoms with Gasteiger partial charge in [-0.1, -0.05) is 0 Å². The van der Waals surface area contributed by atoms with E-state index in [0.717, 1.165) is 17.7 Å². The van der Waals surface area contributed by atoms with E-state index in [-0.39, 0.29) is 0 Å². The van der Waals surface area contributed by atoms with Crippen LogP contribution >= 0.6 is 0 Å². The van der Waals surface area contributed by atoms with Crippen LogP contribution in [-0.4, -0.2) is 28.6 Å². The van der Waals surface area contributed by atoms with Gasteiger partial charge in [0.25, 0.3) is 0 Å². The maximum atomic E-state index is 13.3. The molecule has 0 aliphatic carbocycles. The molecule has 2 aromatic rings. The first-order valence-electron chi connectivity index (χ1n) is 6.26. The number of anilines is 2. The molecule has 0 unspecified atom stereocenters. The normalized spacial score (nSPS) is 10.5. The van der Waals surface area contributed by atoms with Crippen molar-refractivity contribution in [3.05, 3.63) is 46.0 Å². The SMILES string of the molecule is CN(C)c1ncc(CNc2ccc(F)c([N+](=O)[O-])c2)n1C. The van der Waals surface area contributed by atoms with Gasteiger partial charge in [-0.25, -0.2) is 4.98 Å². The molecule has 0 atom stereocenters. The molecule has 1 aromatic carbocycles. The highest BCUT2D eigenvalue weighted by atomic mass is 19.1. The fourth-order valence-electron chi connectivity index (χ4n) is 1.97. The van der Waals surface area contributed by atoms with Crippen molar-refractivity contribution in [2.45, 2.75) is 6.54 Å². The van der Waals surface area contributed by atoms with Crippen molar-refractivity contribution in [1.29, 1.82) is 0 Å². The maximum Gasteiger partial charge on any atom is 0.306 e. The summed E-state index contributed by atoms with van der Waals surface area (Å²) in [4.78, 5) is 16.1. The lowest BCUT2D eigenvalue weighted by atomic mass is 10.2. The number of nitrogens with zero attached hydrogens (tertiary/aromatic N) is 4. The maximum absolute atomic E-state index is 13.3. The Morgan fingerprint density at radius 2 is 2.19 bits per heavy atom. The van der Waals surface area contributed by atoms with Crippen LogP contribution in [0.5, 0.6) is 0 Å². The van der Waals surface area contributed by atoms with Gasteiger partial charge in [0.05, 0.1) is 23.4 Å². The van der Waals surface area contributed by atoms with Gasteiger partial charge in [-0.3, -0.25) is 10.1 Å². The highest BCUT2D eigenvalue weighted by Gasteiger charge is 2.14. The first-order valence-corrected chi connectivity index (χ1v) is 6.26. The molecule has 1 aromatic heterocycles. The van der Waals surface area contributed by atoms with Crippen molar-refractivity contribution in [3.8, 4) is 0 Å². The van der Waals surface area contributed by atoms with Crippen LogP contribution in [0.3, 0.4) is 0 Å². The highest BCUT2D eigenvalue weighted by molar-refractivity contribution is 5.52. The summed E-state index contributed by atoms with van der Waals surface area (Å²) in [6.45, 7) is 0.431. The number of hydrogen-bond acceptors (Lipinski definition) is 5. The van der Waals surface area contributed by atoms with Gasteiger partial charge in [-0.15, -0.1) is 0 Å². The Kier molecular flexibility index (Phi) is 4.06.